The molecule has 0 amide bonds. The number of carbonyl (C=O) groups is 1. The topological polar surface area (TPSA) is 91.2 Å². The maximum Gasteiger partial charge on any atom is 0.433 e. The largest absolute Gasteiger partial charge is 0.455 e. The highest BCUT2D eigenvalue weighted by atomic mass is 32.2. The normalized spacial score (nSPS) is 12.2. The number of alkyl halides is 3. The summed E-state index contributed by atoms with van der Waals surface area (Å²) >= 11 is 1.23. The Hall–Kier alpha value is -2.73. The zero-order valence-corrected chi connectivity index (χ0v) is 17.4. The molecule has 0 spiro atoms. The van der Waals surface area contributed by atoms with E-state index in [2.05, 4.69) is 10.1 Å². The SMILES string of the molecule is CCn1ncc(C(=O)OCc2csc(-c3ccc(S(C)(=O)=O)cc3)n2)c1C(F)(F)F. The van der Waals surface area contributed by atoms with Crippen molar-refractivity contribution in [1.29, 1.82) is 0 Å². The molecule has 0 aliphatic carbocycles. The third-order valence-electron chi connectivity index (χ3n) is 4.06. The Balaban J connectivity index is 1.72. The van der Waals surface area contributed by atoms with E-state index in [1.165, 1.54) is 30.4 Å². The number of nitrogens with zero attached hydrogens (tertiary/aromatic N) is 3. The summed E-state index contributed by atoms with van der Waals surface area (Å²) in [7, 11) is -3.32. The minimum atomic E-state index is -4.74. The number of rotatable bonds is 6. The first-order chi connectivity index (χ1) is 14.0. The highest BCUT2D eigenvalue weighted by Crippen LogP contribution is 2.32. The second-order valence-electron chi connectivity index (χ2n) is 6.24. The minimum Gasteiger partial charge on any atom is -0.455 e. The molecular weight excluding hydrogens is 443 g/mol. The van der Waals surface area contributed by atoms with Crippen molar-refractivity contribution in [3.05, 3.63) is 52.8 Å². The van der Waals surface area contributed by atoms with Crippen LogP contribution in [0.3, 0.4) is 0 Å². The summed E-state index contributed by atoms with van der Waals surface area (Å²) in [6.45, 7) is 1.12. The fourth-order valence-electron chi connectivity index (χ4n) is 2.64. The van der Waals surface area contributed by atoms with Crippen LogP contribution >= 0.6 is 11.3 Å². The lowest BCUT2D eigenvalue weighted by atomic mass is 10.2. The van der Waals surface area contributed by atoms with Gasteiger partial charge in [0.2, 0.25) is 0 Å². The third-order valence-corrected chi connectivity index (χ3v) is 6.13. The van der Waals surface area contributed by atoms with Gasteiger partial charge in [-0.2, -0.15) is 18.3 Å². The van der Waals surface area contributed by atoms with Crippen molar-refractivity contribution in [3.8, 4) is 10.6 Å². The number of hydrogen-bond acceptors (Lipinski definition) is 7. The number of ether oxygens (including phenoxy) is 1. The van der Waals surface area contributed by atoms with Gasteiger partial charge in [-0.3, -0.25) is 4.68 Å². The Bertz CT molecular complexity index is 1170. The number of benzene rings is 1. The summed E-state index contributed by atoms with van der Waals surface area (Å²) in [5.41, 5.74) is -0.795. The maximum atomic E-state index is 13.2. The summed E-state index contributed by atoms with van der Waals surface area (Å²) in [6, 6.07) is 6.10. The quantitative estimate of drug-likeness (QED) is 0.521. The van der Waals surface area contributed by atoms with E-state index < -0.39 is 33.2 Å². The lowest BCUT2D eigenvalue weighted by Crippen LogP contribution is -2.18. The standard InChI is InChI=1S/C18H16F3N3O4S2/c1-3-24-15(18(19,20)21)14(8-22-24)17(25)28-9-12-10-29-16(23-12)11-4-6-13(7-5-11)30(2,26)27/h4-8,10H,3,9H2,1-2H3. The number of halogens is 3. The van der Waals surface area contributed by atoms with Gasteiger partial charge < -0.3 is 4.74 Å². The molecule has 2 heterocycles. The second-order valence-corrected chi connectivity index (χ2v) is 9.11. The van der Waals surface area contributed by atoms with E-state index in [9.17, 15) is 26.4 Å². The van der Waals surface area contributed by atoms with Crippen molar-refractivity contribution >= 4 is 27.1 Å². The molecule has 3 rings (SSSR count). The molecule has 0 unspecified atom stereocenters. The number of carbonyl (C=O) groups excluding carboxylic acids is 1. The molecular formula is C18H16F3N3O4S2. The van der Waals surface area contributed by atoms with E-state index in [0.717, 1.165) is 12.5 Å². The van der Waals surface area contributed by atoms with Crippen molar-refractivity contribution in [1.82, 2.24) is 14.8 Å². The average Bonchev–Trinajstić information content (AvgIpc) is 3.32. The number of hydrogen-bond donors (Lipinski definition) is 0. The van der Waals surface area contributed by atoms with Gasteiger partial charge >= 0.3 is 12.1 Å². The van der Waals surface area contributed by atoms with Crippen molar-refractivity contribution in [2.24, 2.45) is 0 Å². The Morgan fingerprint density at radius 3 is 2.47 bits per heavy atom. The van der Waals surface area contributed by atoms with E-state index in [1.807, 2.05) is 0 Å². The van der Waals surface area contributed by atoms with Crippen LogP contribution in [0.4, 0.5) is 13.2 Å². The van der Waals surface area contributed by atoms with Crippen LogP contribution in [0.15, 0.2) is 40.7 Å². The minimum absolute atomic E-state index is 0.0459. The monoisotopic (exact) mass is 459 g/mol. The van der Waals surface area contributed by atoms with Crippen molar-refractivity contribution in [3.63, 3.8) is 0 Å². The van der Waals surface area contributed by atoms with E-state index in [1.54, 1.807) is 17.5 Å². The van der Waals surface area contributed by atoms with Gasteiger partial charge in [-0.1, -0.05) is 12.1 Å². The van der Waals surface area contributed by atoms with Gasteiger partial charge in [0.05, 0.1) is 16.8 Å². The van der Waals surface area contributed by atoms with E-state index in [0.29, 0.717) is 20.9 Å². The van der Waals surface area contributed by atoms with Crippen LogP contribution in [0.5, 0.6) is 0 Å². The molecule has 0 aliphatic rings. The molecule has 7 nitrogen and oxygen atoms in total. The van der Waals surface area contributed by atoms with E-state index >= 15 is 0 Å². The molecule has 0 atom stereocenters. The van der Waals surface area contributed by atoms with Gasteiger partial charge in [-0.25, -0.2) is 18.2 Å². The maximum absolute atomic E-state index is 13.2. The van der Waals surface area contributed by atoms with Crippen molar-refractivity contribution < 1.29 is 31.1 Å². The van der Waals surface area contributed by atoms with Crippen molar-refractivity contribution in [2.75, 3.05) is 6.26 Å². The highest BCUT2D eigenvalue weighted by molar-refractivity contribution is 7.90. The van der Waals surface area contributed by atoms with Gasteiger partial charge in [-0.05, 0) is 19.1 Å². The fourth-order valence-corrected chi connectivity index (χ4v) is 4.08. The van der Waals surface area contributed by atoms with Crippen LogP contribution < -0.4 is 0 Å². The van der Waals surface area contributed by atoms with Crippen LogP contribution in [0.2, 0.25) is 0 Å². The molecule has 0 saturated carbocycles. The number of aryl methyl sites for hydroxylation is 1. The van der Waals surface area contributed by atoms with Crippen LogP contribution in [0.25, 0.3) is 10.6 Å². The summed E-state index contributed by atoms with van der Waals surface area (Å²) < 4.78 is 68.4. The molecule has 0 radical (unpaired) electrons. The summed E-state index contributed by atoms with van der Waals surface area (Å²) in [5, 5.41) is 5.74. The van der Waals surface area contributed by atoms with E-state index in [-0.39, 0.29) is 18.0 Å². The Labute approximate surface area is 174 Å². The number of aromatic nitrogens is 3. The molecule has 0 bridgehead atoms. The number of esters is 1. The average molecular weight is 459 g/mol. The number of thiazole rings is 1. The molecule has 0 saturated heterocycles. The Kier molecular flexibility index (Phi) is 5.99. The van der Waals surface area contributed by atoms with Crippen LogP contribution in [0, 0.1) is 0 Å². The molecule has 0 aliphatic heterocycles. The first kappa shape index (κ1) is 22.0. The lowest BCUT2D eigenvalue weighted by molar-refractivity contribution is -0.144. The predicted molar refractivity (Wildman–Crippen MR) is 103 cm³/mol. The zero-order chi connectivity index (χ0) is 22.1. The molecule has 160 valence electrons. The van der Waals surface area contributed by atoms with Gasteiger partial charge in [0, 0.05) is 23.7 Å². The van der Waals surface area contributed by atoms with Gasteiger partial charge in [0.15, 0.2) is 15.5 Å². The summed E-state index contributed by atoms with van der Waals surface area (Å²) in [5.74, 6) is -1.14. The van der Waals surface area contributed by atoms with Crippen LogP contribution in [0.1, 0.15) is 28.7 Å². The molecule has 2 aromatic heterocycles. The Morgan fingerprint density at radius 2 is 1.90 bits per heavy atom. The third kappa shape index (κ3) is 4.70. The first-order valence-corrected chi connectivity index (χ1v) is 11.3. The molecule has 12 heteroatoms. The predicted octanol–water partition coefficient (Wildman–Crippen LogP) is 3.81. The van der Waals surface area contributed by atoms with Crippen molar-refractivity contribution in [2.45, 2.75) is 31.1 Å². The summed E-state index contributed by atoms with van der Waals surface area (Å²) in [4.78, 5) is 16.6. The second kappa shape index (κ2) is 8.19. The Morgan fingerprint density at radius 1 is 1.23 bits per heavy atom. The van der Waals surface area contributed by atoms with Gasteiger partial charge in [-0.15, -0.1) is 11.3 Å². The highest BCUT2D eigenvalue weighted by Gasteiger charge is 2.40. The molecule has 0 fully saturated rings. The molecule has 3 aromatic rings. The first-order valence-electron chi connectivity index (χ1n) is 8.55. The molecule has 0 N–H and O–H groups in total. The fraction of sp³-hybridized carbons (Fsp3) is 0.278. The lowest BCUT2D eigenvalue weighted by Gasteiger charge is -2.10. The molecule has 30 heavy (non-hydrogen) atoms. The number of sulfone groups is 1. The van der Waals surface area contributed by atoms with Crippen LogP contribution in [-0.4, -0.2) is 35.4 Å². The van der Waals surface area contributed by atoms with Gasteiger partial charge in [0.25, 0.3) is 0 Å². The van der Waals surface area contributed by atoms with E-state index in [4.69, 9.17) is 4.74 Å². The summed E-state index contributed by atoms with van der Waals surface area (Å²) in [6.07, 6.45) is -2.80. The smallest absolute Gasteiger partial charge is 0.433 e. The van der Waals surface area contributed by atoms with Crippen LogP contribution in [-0.2, 0) is 33.9 Å². The molecule has 1 aromatic carbocycles. The zero-order valence-electron chi connectivity index (χ0n) is 15.8. The van der Waals surface area contributed by atoms with Gasteiger partial charge in [0.1, 0.15) is 17.2 Å².